The fraction of sp³-hybridized carbons (Fsp3) is 0.333. The van der Waals surface area contributed by atoms with Gasteiger partial charge in [-0.05, 0) is 12.5 Å². The summed E-state index contributed by atoms with van der Waals surface area (Å²) in [6, 6.07) is 20.6. The zero-order chi connectivity index (χ0) is 20.5. The summed E-state index contributed by atoms with van der Waals surface area (Å²) in [5.74, 6) is 0.539. The topological polar surface area (TPSA) is 58.8 Å². The van der Waals surface area contributed by atoms with Gasteiger partial charge in [0.1, 0.15) is 17.0 Å². The molecule has 2 aliphatic heterocycles. The van der Waals surface area contributed by atoms with Crippen LogP contribution in [0.25, 0.3) is 11.3 Å². The molecule has 6 heteroatoms. The molecule has 30 heavy (non-hydrogen) atoms. The average molecular weight is 403 g/mol. The highest BCUT2D eigenvalue weighted by atomic mass is 16.5. The van der Waals surface area contributed by atoms with Gasteiger partial charge in [0.05, 0.1) is 25.3 Å². The summed E-state index contributed by atoms with van der Waals surface area (Å²) in [5.41, 5.74) is 3.33. The van der Waals surface area contributed by atoms with Crippen LogP contribution in [0.5, 0.6) is 0 Å². The Bertz CT molecular complexity index is 1020. The van der Waals surface area contributed by atoms with Gasteiger partial charge in [-0.3, -0.25) is 9.69 Å². The summed E-state index contributed by atoms with van der Waals surface area (Å²) in [6.07, 6.45) is 0. The van der Waals surface area contributed by atoms with Gasteiger partial charge in [0.25, 0.3) is 5.91 Å². The van der Waals surface area contributed by atoms with E-state index in [-0.39, 0.29) is 18.0 Å². The lowest BCUT2D eigenvalue weighted by Gasteiger charge is -2.48. The van der Waals surface area contributed by atoms with Gasteiger partial charge < -0.3 is 14.2 Å². The molecule has 2 atom stereocenters. The van der Waals surface area contributed by atoms with Crippen LogP contribution in [0.15, 0.2) is 65.2 Å². The molecule has 1 aromatic heterocycles. The minimum Gasteiger partial charge on any atom is -0.378 e. The normalized spacial score (nSPS) is 22.0. The number of morpholine rings is 1. The number of benzene rings is 2. The molecule has 2 aromatic carbocycles. The number of nitrogens with zero attached hydrogens (tertiary/aromatic N) is 3. The number of hydrogen-bond acceptors (Lipinski definition) is 5. The number of amides is 1. The number of piperazine rings is 1. The largest absolute Gasteiger partial charge is 0.378 e. The monoisotopic (exact) mass is 403 g/mol. The third-order valence-corrected chi connectivity index (χ3v) is 6.11. The molecule has 154 valence electrons. The molecule has 0 bridgehead atoms. The third kappa shape index (κ3) is 3.42. The highest BCUT2D eigenvalue weighted by Crippen LogP contribution is 2.31. The molecule has 0 N–H and O–H groups in total. The van der Waals surface area contributed by atoms with Crippen LogP contribution < -0.4 is 0 Å². The van der Waals surface area contributed by atoms with Gasteiger partial charge in [0.15, 0.2) is 0 Å². The van der Waals surface area contributed by atoms with E-state index in [2.05, 4.69) is 34.3 Å². The Hall–Kier alpha value is -2.96. The number of aromatic nitrogens is 1. The summed E-state index contributed by atoms with van der Waals surface area (Å²) in [4.78, 5) is 17.9. The number of fused-ring (bicyclic) bond motifs is 1. The lowest BCUT2D eigenvalue weighted by molar-refractivity contribution is -0.0770. The van der Waals surface area contributed by atoms with Crippen LogP contribution in [0, 0.1) is 6.92 Å². The van der Waals surface area contributed by atoms with E-state index in [4.69, 9.17) is 9.26 Å². The van der Waals surface area contributed by atoms with Crippen LogP contribution in [0.3, 0.4) is 0 Å². The minimum atomic E-state index is -0.0194. The molecule has 3 aromatic rings. The second-order valence-electron chi connectivity index (χ2n) is 7.94. The van der Waals surface area contributed by atoms with Crippen molar-refractivity contribution in [1.29, 1.82) is 0 Å². The summed E-state index contributed by atoms with van der Waals surface area (Å²) >= 11 is 0. The summed E-state index contributed by atoms with van der Waals surface area (Å²) in [6.45, 7) is 5.28. The first-order chi connectivity index (χ1) is 14.7. The Balaban J connectivity index is 1.37. The zero-order valence-electron chi connectivity index (χ0n) is 17.0. The number of carbonyl (C=O) groups is 1. The van der Waals surface area contributed by atoms with E-state index in [1.165, 1.54) is 5.56 Å². The molecule has 2 fully saturated rings. The second-order valence-corrected chi connectivity index (χ2v) is 7.94. The van der Waals surface area contributed by atoms with Gasteiger partial charge in [-0.2, -0.15) is 0 Å². The van der Waals surface area contributed by atoms with Crippen molar-refractivity contribution in [3.63, 3.8) is 0 Å². The average Bonchev–Trinajstić information content (AvgIpc) is 3.20. The van der Waals surface area contributed by atoms with Crippen molar-refractivity contribution in [3.05, 3.63) is 77.6 Å². The van der Waals surface area contributed by atoms with Gasteiger partial charge in [-0.15, -0.1) is 0 Å². The first kappa shape index (κ1) is 19.0. The van der Waals surface area contributed by atoms with E-state index in [0.717, 1.165) is 12.1 Å². The van der Waals surface area contributed by atoms with Crippen LogP contribution in [-0.4, -0.2) is 59.8 Å². The van der Waals surface area contributed by atoms with E-state index in [0.29, 0.717) is 43.3 Å². The molecular weight excluding hydrogens is 378 g/mol. The van der Waals surface area contributed by atoms with Crippen molar-refractivity contribution >= 4 is 5.91 Å². The molecule has 2 aliphatic rings. The van der Waals surface area contributed by atoms with Gasteiger partial charge in [0, 0.05) is 25.2 Å². The first-order valence-electron chi connectivity index (χ1n) is 10.4. The van der Waals surface area contributed by atoms with E-state index in [9.17, 15) is 4.79 Å². The van der Waals surface area contributed by atoms with Gasteiger partial charge >= 0.3 is 0 Å². The highest BCUT2D eigenvalue weighted by Gasteiger charge is 2.38. The molecule has 0 radical (unpaired) electrons. The predicted molar refractivity (Wildman–Crippen MR) is 113 cm³/mol. The Morgan fingerprint density at radius 1 is 1.00 bits per heavy atom. The second kappa shape index (κ2) is 8.05. The molecule has 0 unspecified atom stereocenters. The number of ether oxygens (including phenoxy) is 1. The van der Waals surface area contributed by atoms with Crippen LogP contribution in [0.4, 0.5) is 0 Å². The zero-order valence-corrected chi connectivity index (χ0v) is 17.0. The molecule has 0 aliphatic carbocycles. The molecule has 5 rings (SSSR count). The highest BCUT2D eigenvalue weighted by molar-refractivity contribution is 6.00. The Kier molecular flexibility index (Phi) is 5.11. The van der Waals surface area contributed by atoms with Crippen molar-refractivity contribution in [2.75, 3.05) is 32.8 Å². The van der Waals surface area contributed by atoms with Crippen LogP contribution >= 0.6 is 0 Å². The fourth-order valence-corrected chi connectivity index (χ4v) is 4.56. The molecule has 1 amide bonds. The minimum absolute atomic E-state index is 0.0194. The predicted octanol–water partition coefficient (Wildman–Crippen LogP) is 3.55. The van der Waals surface area contributed by atoms with Crippen molar-refractivity contribution in [2.24, 2.45) is 0 Å². The maximum Gasteiger partial charge on any atom is 0.259 e. The molecular formula is C24H25N3O3. The van der Waals surface area contributed by atoms with Crippen molar-refractivity contribution in [3.8, 4) is 11.3 Å². The molecule has 0 saturated carbocycles. The van der Waals surface area contributed by atoms with Crippen molar-refractivity contribution in [1.82, 2.24) is 15.0 Å². The van der Waals surface area contributed by atoms with Gasteiger partial charge in [-0.1, -0.05) is 65.8 Å². The van der Waals surface area contributed by atoms with Crippen LogP contribution in [-0.2, 0) is 4.74 Å². The lowest BCUT2D eigenvalue weighted by atomic mass is 9.99. The number of aryl methyl sites for hydroxylation is 1. The van der Waals surface area contributed by atoms with E-state index < -0.39 is 0 Å². The maximum absolute atomic E-state index is 13.5. The fourth-order valence-electron chi connectivity index (χ4n) is 4.56. The number of hydrogen-bond donors (Lipinski definition) is 0. The molecule has 3 heterocycles. The molecule has 6 nitrogen and oxygen atoms in total. The van der Waals surface area contributed by atoms with Crippen molar-refractivity contribution < 1.29 is 14.1 Å². The smallest absolute Gasteiger partial charge is 0.259 e. The SMILES string of the molecule is Cc1onc(-c2ccccc2)c1C(=O)N1CCN2[C@@H](COC[C@@H]2c2ccccc2)C1. The summed E-state index contributed by atoms with van der Waals surface area (Å²) in [7, 11) is 0. The molecule has 2 saturated heterocycles. The Morgan fingerprint density at radius 2 is 1.73 bits per heavy atom. The molecule has 0 spiro atoms. The maximum atomic E-state index is 13.5. The summed E-state index contributed by atoms with van der Waals surface area (Å²) < 4.78 is 11.3. The number of carbonyl (C=O) groups excluding carboxylic acids is 1. The van der Waals surface area contributed by atoms with Gasteiger partial charge in [0.2, 0.25) is 0 Å². The van der Waals surface area contributed by atoms with E-state index in [1.807, 2.05) is 41.3 Å². The summed E-state index contributed by atoms with van der Waals surface area (Å²) in [5, 5.41) is 4.18. The quantitative estimate of drug-likeness (QED) is 0.669. The first-order valence-corrected chi connectivity index (χ1v) is 10.4. The Labute approximate surface area is 176 Å². The lowest BCUT2D eigenvalue weighted by Crippen LogP contribution is -2.60. The van der Waals surface area contributed by atoms with Crippen LogP contribution in [0.1, 0.15) is 27.7 Å². The third-order valence-electron chi connectivity index (χ3n) is 6.11. The Morgan fingerprint density at radius 3 is 2.50 bits per heavy atom. The van der Waals surface area contributed by atoms with Crippen LogP contribution in [0.2, 0.25) is 0 Å². The standard InChI is InChI=1S/C24H25N3O3/c1-17-22(23(25-30-17)19-10-6-3-7-11-19)24(28)26-12-13-27-20(14-26)15-29-16-21(27)18-8-4-2-5-9-18/h2-11,20-21H,12-16H2,1H3/t20-,21-/m1/s1. The van der Waals surface area contributed by atoms with Crippen molar-refractivity contribution in [2.45, 2.75) is 19.0 Å². The van der Waals surface area contributed by atoms with E-state index >= 15 is 0 Å². The number of rotatable bonds is 3. The van der Waals surface area contributed by atoms with E-state index in [1.54, 1.807) is 6.92 Å². The van der Waals surface area contributed by atoms with Gasteiger partial charge in [-0.25, -0.2) is 0 Å².